The number of hydrazine groups is 1. The van der Waals surface area contributed by atoms with E-state index in [2.05, 4.69) is 12.3 Å². The molecule has 0 rings (SSSR count). The van der Waals surface area contributed by atoms with E-state index >= 15 is 0 Å². The van der Waals surface area contributed by atoms with Gasteiger partial charge in [0.1, 0.15) is 0 Å². The molecule has 1 atom stereocenters. The summed E-state index contributed by atoms with van der Waals surface area (Å²) < 4.78 is 0. The Balaban J connectivity index is 2.95. The molecular formula is C6H17N3. The summed E-state index contributed by atoms with van der Waals surface area (Å²) in [6.07, 6.45) is 3.47. The van der Waals surface area contributed by atoms with Gasteiger partial charge in [-0.1, -0.05) is 19.8 Å². The van der Waals surface area contributed by atoms with Crippen molar-refractivity contribution in [3.05, 3.63) is 0 Å². The maximum atomic E-state index is 5.63. The molecule has 0 saturated carbocycles. The summed E-state index contributed by atoms with van der Waals surface area (Å²) >= 11 is 0. The molecule has 0 heterocycles. The average Bonchev–Trinajstić information content (AvgIpc) is 1.85. The van der Waals surface area contributed by atoms with Crippen LogP contribution in [-0.2, 0) is 0 Å². The highest BCUT2D eigenvalue weighted by molar-refractivity contribution is 4.61. The van der Waals surface area contributed by atoms with E-state index in [4.69, 9.17) is 11.6 Å². The molecular weight excluding hydrogens is 114 g/mol. The lowest BCUT2D eigenvalue weighted by atomic mass is 10.1. The quantitative estimate of drug-likeness (QED) is 0.362. The molecule has 0 fully saturated rings. The zero-order valence-electron chi connectivity index (χ0n) is 6.06. The molecule has 0 aliphatic rings. The van der Waals surface area contributed by atoms with Crippen LogP contribution in [0.25, 0.3) is 0 Å². The third-order valence-corrected chi connectivity index (χ3v) is 1.31. The summed E-state index contributed by atoms with van der Waals surface area (Å²) in [5.74, 6) is 5.07. The van der Waals surface area contributed by atoms with Crippen LogP contribution in [0.15, 0.2) is 0 Å². The van der Waals surface area contributed by atoms with E-state index in [1.54, 1.807) is 0 Å². The van der Waals surface area contributed by atoms with Crippen LogP contribution in [-0.4, -0.2) is 12.6 Å². The van der Waals surface area contributed by atoms with E-state index in [0.29, 0.717) is 0 Å². The fourth-order valence-electron chi connectivity index (χ4n) is 0.720. The molecule has 56 valence electrons. The van der Waals surface area contributed by atoms with Crippen LogP contribution >= 0.6 is 0 Å². The van der Waals surface area contributed by atoms with Gasteiger partial charge in [-0.2, -0.15) is 0 Å². The van der Waals surface area contributed by atoms with Crippen LogP contribution in [0.3, 0.4) is 0 Å². The maximum absolute atomic E-state index is 5.63. The zero-order chi connectivity index (χ0) is 7.11. The lowest BCUT2D eigenvalue weighted by Crippen LogP contribution is -2.37. The van der Waals surface area contributed by atoms with Gasteiger partial charge in [-0.15, -0.1) is 0 Å². The van der Waals surface area contributed by atoms with Gasteiger partial charge >= 0.3 is 0 Å². The largest absolute Gasteiger partial charge is 0.326 e. The molecule has 0 aromatic rings. The first-order valence-corrected chi connectivity index (χ1v) is 3.50. The Bertz CT molecular complexity index is 56.3. The Labute approximate surface area is 56.8 Å². The highest BCUT2D eigenvalue weighted by atomic mass is 15.2. The monoisotopic (exact) mass is 131 g/mol. The molecule has 1 unspecified atom stereocenters. The van der Waals surface area contributed by atoms with Crippen molar-refractivity contribution < 1.29 is 0 Å². The van der Waals surface area contributed by atoms with Crippen molar-refractivity contribution in [2.24, 2.45) is 11.6 Å². The summed E-state index contributed by atoms with van der Waals surface area (Å²) in [7, 11) is 0. The molecule has 5 N–H and O–H groups in total. The van der Waals surface area contributed by atoms with Gasteiger partial charge in [0.05, 0.1) is 0 Å². The third-order valence-electron chi connectivity index (χ3n) is 1.31. The summed E-state index contributed by atoms with van der Waals surface area (Å²) in [4.78, 5) is 0. The van der Waals surface area contributed by atoms with Crippen molar-refractivity contribution in [3.63, 3.8) is 0 Å². The molecule has 0 radical (unpaired) electrons. The minimum absolute atomic E-state index is 0.231. The number of unbranched alkanes of at least 4 members (excludes halogenated alkanes) is 1. The Morgan fingerprint density at radius 1 is 1.56 bits per heavy atom. The Kier molecular flexibility index (Phi) is 5.93. The molecule has 0 aliphatic heterocycles. The first kappa shape index (κ1) is 8.88. The Morgan fingerprint density at radius 3 is 2.67 bits per heavy atom. The van der Waals surface area contributed by atoms with Crippen molar-refractivity contribution in [2.75, 3.05) is 6.54 Å². The first-order valence-electron chi connectivity index (χ1n) is 3.50. The van der Waals surface area contributed by atoms with Crippen molar-refractivity contribution in [3.8, 4) is 0 Å². The van der Waals surface area contributed by atoms with Crippen LogP contribution in [0, 0.1) is 0 Å². The summed E-state index contributed by atoms with van der Waals surface area (Å²) in [6.45, 7) is 2.88. The minimum Gasteiger partial charge on any atom is -0.326 e. The van der Waals surface area contributed by atoms with Gasteiger partial charge in [-0.05, 0) is 6.42 Å². The summed E-state index contributed by atoms with van der Waals surface area (Å²) in [6, 6.07) is 0.231. The van der Waals surface area contributed by atoms with Gasteiger partial charge in [0.15, 0.2) is 0 Å². The van der Waals surface area contributed by atoms with Crippen LogP contribution < -0.4 is 17.0 Å². The second-order valence-electron chi connectivity index (χ2n) is 2.31. The molecule has 0 aromatic carbocycles. The number of nitrogens with two attached hydrogens (primary N) is 2. The average molecular weight is 131 g/mol. The fourth-order valence-corrected chi connectivity index (χ4v) is 0.720. The van der Waals surface area contributed by atoms with Crippen molar-refractivity contribution >= 4 is 0 Å². The van der Waals surface area contributed by atoms with Crippen LogP contribution in [0.4, 0.5) is 0 Å². The summed E-state index contributed by atoms with van der Waals surface area (Å²) in [5.41, 5.74) is 8.18. The third kappa shape index (κ3) is 5.76. The standard InChI is InChI=1S/C6H17N3/c1-2-3-4-6(7)5-9-8/h6,9H,2-5,7-8H2,1H3. The van der Waals surface area contributed by atoms with Gasteiger partial charge in [-0.3, -0.25) is 11.3 Å². The van der Waals surface area contributed by atoms with Crippen molar-refractivity contribution in [2.45, 2.75) is 32.2 Å². The Hall–Kier alpha value is -0.120. The normalized spacial score (nSPS) is 13.7. The molecule has 0 amide bonds. The zero-order valence-corrected chi connectivity index (χ0v) is 6.06. The molecule has 3 nitrogen and oxygen atoms in total. The van der Waals surface area contributed by atoms with E-state index in [1.165, 1.54) is 12.8 Å². The number of rotatable bonds is 5. The van der Waals surface area contributed by atoms with Gasteiger partial charge in [0, 0.05) is 12.6 Å². The predicted molar refractivity (Wildman–Crippen MR) is 39.7 cm³/mol. The molecule has 0 spiro atoms. The van der Waals surface area contributed by atoms with Crippen molar-refractivity contribution in [1.82, 2.24) is 5.43 Å². The fraction of sp³-hybridized carbons (Fsp3) is 1.00. The molecule has 0 aromatic heterocycles. The second kappa shape index (κ2) is 6.01. The molecule has 0 aliphatic carbocycles. The van der Waals surface area contributed by atoms with Gasteiger partial charge in [0.25, 0.3) is 0 Å². The van der Waals surface area contributed by atoms with E-state index < -0.39 is 0 Å². The van der Waals surface area contributed by atoms with Gasteiger partial charge < -0.3 is 5.73 Å². The smallest absolute Gasteiger partial charge is 0.0249 e. The highest BCUT2D eigenvalue weighted by Gasteiger charge is 1.97. The first-order chi connectivity index (χ1) is 4.31. The van der Waals surface area contributed by atoms with Gasteiger partial charge in [0.2, 0.25) is 0 Å². The molecule has 3 heteroatoms. The van der Waals surface area contributed by atoms with E-state index in [0.717, 1.165) is 13.0 Å². The number of nitrogens with one attached hydrogen (secondary N) is 1. The second-order valence-corrected chi connectivity index (χ2v) is 2.31. The molecule has 0 saturated heterocycles. The molecule has 9 heavy (non-hydrogen) atoms. The van der Waals surface area contributed by atoms with Gasteiger partial charge in [-0.25, -0.2) is 0 Å². The lowest BCUT2D eigenvalue weighted by Gasteiger charge is -2.08. The van der Waals surface area contributed by atoms with Crippen LogP contribution in [0.1, 0.15) is 26.2 Å². The maximum Gasteiger partial charge on any atom is 0.0249 e. The lowest BCUT2D eigenvalue weighted by molar-refractivity contribution is 0.534. The Morgan fingerprint density at radius 2 is 2.22 bits per heavy atom. The SMILES string of the molecule is CCCCC(N)CNN. The highest BCUT2D eigenvalue weighted by Crippen LogP contribution is 1.95. The molecule has 0 bridgehead atoms. The van der Waals surface area contributed by atoms with E-state index in [-0.39, 0.29) is 6.04 Å². The predicted octanol–water partition coefficient (Wildman–Crippen LogP) is -0.0328. The topological polar surface area (TPSA) is 64.1 Å². The number of hydrogen-bond acceptors (Lipinski definition) is 3. The van der Waals surface area contributed by atoms with E-state index in [1.807, 2.05) is 0 Å². The van der Waals surface area contributed by atoms with Crippen LogP contribution in [0.2, 0.25) is 0 Å². The van der Waals surface area contributed by atoms with E-state index in [9.17, 15) is 0 Å². The van der Waals surface area contributed by atoms with Crippen LogP contribution in [0.5, 0.6) is 0 Å². The van der Waals surface area contributed by atoms with Crippen molar-refractivity contribution in [1.29, 1.82) is 0 Å². The number of hydrogen-bond donors (Lipinski definition) is 3. The minimum atomic E-state index is 0.231. The summed E-state index contributed by atoms with van der Waals surface area (Å²) in [5, 5.41) is 0.